The molecule has 2 fully saturated rings. The maximum absolute atomic E-state index is 2.65. The summed E-state index contributed by atoms with van der Waals surface area (Å²) < 4.78 is 0. The Labute approximate surface area is 76.1 Å². The Morgan fingerprint density at radius 3 is 2.58 bits per heavy atom. The summed E-state index contributed by atoms with van der Waals surface area (Å²) in [6, 6.07) is 0.766. The lowest BCUT2D eigenvalue weighted by molar-refractivity contribution is -0.0148. The first kappa shape index (κ1) is 8.55. The second-order valence-corrected chi connectivity index (χ2v) is 5.01. The zero-order chi connectivity index (χ0) is 8.72. The molecule has 1 heterocycles. The van der Waals surface area contributed by atoms with Crippen LogP contribution in [0.1, 0.15) is 33.6 Å². The van der Waals surface area contributed by atoms with Crippen molar-refractivity contribution in [1.82, 2.24) is 4.90 Å². The molecular formula is C11H21N. The molecule has 0 bridgehead atoms. The van der Waals surface area contributed by atoms with Gasteiger partial charge in [0.05, 0.1) is 0 Å². The topological polar surface area (TPSA) is 3.24 Å². The van der Waals surface area contributed by atoms with Crippen molar-refractivity contribution in [2.24, 2.45) is 17.8 Å². The number of likely N-dealkylation sites (tertiary alicyclic amines) is 1. The molecule has 0 aromatic heterocycles. The van der Waals surface area contributed by atoms with Gasteiger partial charge >= 0.3 is 0 Å². The lowest BCUT2D eigenvalue weighted by Gasteiger charge is -2.51. The molecule has 0 radical (unpaired) electrons. The van der Waals surface area contributed by atoms with Crippen LogP contribution in [-0.4, -0.2) is 24.0 Å². The van der Waals surface area contributed by atoms with E-state index in [0.717, 1.165) is 23.8 Å². The quantitative estimate of drug-likeness (QED) is 0.579. The Kier molecular flexibility index (Phi) is 2.16. The SMILES string of the molecule is CC1CC2CN(C(C)C)CCC12. The Balaban J connectivity index is 1.88. The summed E-state index contributed by atoms with van der Waals surface area (Å²) in [4.78, 5) is 2.65. The Hall–Kier alpha value is -0.0400. The maximum atomic E-state index is 2.65. The van der Waals surface area contributed by atoms with Gasteiger partial charge in [0.1, 0.15) is 0 Å². The van der Waals surface area contributed by atoms with Crippen LogP contribution in [0, 0.1) is 17.8 Å². The van der Waals surface area contributed by atoms with Crippen LogP contribution in [0.3, 0.4) is 0 Å². The standard InChI is InChI=1S/C11H21N/c1-8(2)12-5-4-11-9(3)6-10(11)7-12/h8-11H,4-7H2,1-3H3. The molecule has 3 atom stereocenters. The number of nitrogens with zero attached hydrogens (tertiary/aromatic N) is 1. The predicted molar refractivity (Wildman–Crippen MR) is 52.1 cm³/mol. The molecule has 1 heteroatoms. The smallest absolute Gasteiger partial charge is 0.00387 e. The third-order valence-corrected chi connectivity index (χ3v) is 3.96. The van der Waals surface area contributed by atoms with Crippen LogP contribution in [0.5, 0.6) is 0 Å². The Bertz CT molecular complexity index is 164. The molecule has 12 heavy (non-hydrogen) atoms. The van der Waals surface area contributed by atoms with E-state index in [9.17, 15) is 0 Å². The van der Waals surface area contributed by atoms with E-state index < -0.39 is 0 Å². The number of rotatable bonds is 1. The van der Waals surface area contributed by atoms with Crippen molar-refractivity contribution in [3.63, 3.8) is 0 Å². The number of piperidine rings is 1. The molecule has 2 rings (SSSR count). The normalized spacial score (nSPS) is 42.5. The minimum absolute atomic E-state index is 0.766. The lowest BCUT2D eigenvalue weighted by atomic mass is 9.62. The average molecular weight is 167 g/mol. The fourth-order valence-electron chi connectivity index (χ4n) is 3.00. The summed E-state index contributed by atoms with van der Waals surface area (Å²) in [6.45, 7) is 9.80. The first-order valence-electron chi connectivity index (χ1n) is 5.42. The van der Waals surface area contributed by atoms with Crippen molar-refractivity contribution in [3.05, 3.63) is 0 Å². The van der Waals surface area contributed by atoms with E-state index in [1.807, 2.05) is 0 Å². The zero-order valence-corrected chi connectivity index (χ0v) is 8.59. The summed E-state index contributed by atoms with van der Waals surface area (Å²) >= 11 is 0. The van der Waals surface area contributed by atoms with Crippen LogP contribution in [0.2, 0.25) is 0 Å². The van der Waals surface area contributed by atoms with Gasteiger partial charge in [0.2, 0.25) is 0 Å². The van der Waals surface area contributed by atoms with Crippen molar-refractivity contribution < 1.29 is 0 Å². The zero-order valence-electron chi connectivity index (χ0n) is 8.59. The highest BCUT2D eigenvalue weighted by atomic mass is 15.2. The van der Waals surface area contributed by atoms with Gasteiger partial charge in [0.25, 0.3) is 0 Å². The molecule has 70 valence electrons. The van der Waals surface area contributed by atoms with Crippen LogP contribution in [0.15, 0.2) is 0 Å². The summed E-state index contributed by atoms with van der Waals surface area (Å²) in [5.41, 5.74) is 0. The highest BCUT2D eigenvalue weighted by molar-refractivity contribution is 4.92. The first-order valence-corrected chi connectivity index (χ1v) is 5.42. The van der Waals surface area contributed by atoms with Crippen molar-refractivity contribution in [2.75, 3.05) is 13.1 Å². The van der Waals surface area contributed by atoms with E-state index in [0.29, 0.717) is 0 Å². The van der Waals surface area contributed by atoms with Crippen LogP contribution in [0.25, 0.3) is 0 Å². The van der Waals surface area contributed by atoms with E-state index in [4.69, 9.17) is 0 Å². The highest BCUT2D eigenvalue weighted by Crippen LogP contribution is 2.45. The van der Waals surface area contributed by atoms with Gasteiger partial charge in [-0.15, -0.1) is 0 Å². The molecule has 3 unspecified atom stereocenters. The van der Waals surface area contributed by atoms with Gasteiger partial charge in [0.15, 0.2) is 0 Å². The van der Waals surface area contributed by atoms with Crippen LogP contribution in [-0.2, 0) is 0 Å². The van der Waals surface area contributed by atoms with Gasteiger partial charge in [-0.2, -0.15) is 0 Å². The second kappa shape index (κ2) is 3.02. The Morgan fingerprint density at radius 2 is 2.08 bits per heavy atom. The number of hydrogen-bond acceptors (Lipinski definition) is 1. The number of fused-ring (bicyclic) bond motifs is 1. The summed E-state index contributed by atoms with van der Waals surface area (Å²) in [6.07, 6.45) is 2.96. The second-order valence-electron chi connectivity index (χ2n) is 5.01. The van der Waals surface area contributed by atoms with E-state index in [1.54, 1.807) is 0 Å². The van der Waals surface area contributed by atoms with Gasteiger partial charge in [-0.3, -0.25) is 0 Å². The van der Waals surface area contributed by atoms with Gasteiger partial charge in [-0.05, 0) is 51.0 Å². The molecule has 1 aliphatic carbocycles. The lowest BCUT2D eigenvalue weighted by Crippen LogP contribution is -2.51. The molecular weight excluding hydrogens is 146 g/mol. The fraction of sp³-hybridized carbons (Fsp3) is 1.00. The molecule has 0 aromatic carbocycles. The maximum Gasteiger partial charge on any atom is 0.00387 e. The van der Waals surface area contributed by atoms with Gasteiger partial charge in [0, 0.05) is 12.6 Å². The molecule has 0 N–H and O–H groups in total. The molecule has 1 saturated heterocycles. The third kappa shape index (κ3) is 1.28. The van der Waals surface area contributed by atoms with Crippen molar-refractivity contribution in [3.8, 4) is 0 Å². The highest BCUT2D eigenvalue weighted by Gasteiger charge is 2.41. The molecule has 0 amide bonds. The fourth-order valence-corrected chi connectivity index (χ4v) is 3.00. The van der Waals surface area contributed by atoms with E-state index >= 15 is 0 Å². The number of hydrogen-bond donors (Lipinski definition) is 0. The Morgan fingerprint density at radius 1 is 1.33 bits per heavy atom. The van der Waals surface area contributed by atoms with Crippen molar-refractivity contribution >= 4 is 0 Å². The van der Waals surface area contributed by atoms with Crippen LogP contribution < -0.4 is 0 Å². The summed E-state index contributed by atoms with van der Waals surface area (Å²) in [5.74, 6) is 3.17. The molecule has 1 saturated carbocycles. The predicted octanol–water partition coefficient (Wildman–Crippen LogP) is 2.37. The first-order chi connectivity index (χ1) is 5.68. The molecule has 0 aromatic rings. The molecule has 0 spiro atoms. The van der Waals surface area contributed by atoms with E-state index in [1.165, 1.54) is 25.9 Å². The summed E-state index contributed by atoms with van der Waals surface area (Å²) in [7, 11) is 0. The van der Waals surface area contributed by atoms with Crippen LogP contribution in [0.4, 0.5) is 0 Å². The van der Waals surface area contributed by atoms with E-state index in [2.05, 4.69) is 25.7 Å². The van der Waals surface area contributed by atoms with E-state index in [-0.39, 0.29) is 0 Å². The van der Waals surface area contributed by atoms with Crippen LogP contribution >= 0.6 is 0 Å². The largest absolute Gasteiger partial charge is 0.301 e. The van der Waals surface area contributed by atoms with Gasteiger partial charge in [-0.25, -0.2) is 0 Å². The van der Waals surface area contributed by atoms with Crippen molar-refractivity contribution in [1.29, 1.82) is 0 Å². The van der Waals surface area contributed by atoms with Gasteiger partial charge < -0.3 is 4.90 Å². The third-order valence-electron chi connectivity index (χ3n) is 3.96. The minimum atomic E-state index is 0.766. The molecule has 1 nitrogen and oxygen atoms in total. The van der Waals surface area contributed by atoms with Crippen molar-refractivity contribution in [2.45, 2.75) is 39.7 Å². The monoisotopic (exact) mass is 167 g/mol. The minimum Gasteiger partial charge on any atom is -0.301 e. The average Bonchev–Trinajstić information content (AvgIpc) is 2.01. The molecule has 1 aliphatic heterocycles. The van der Waals surface area contributed by atoms with Gasteiger partial charge in [-0.1, -0.05) is 6.92 Å². The molecule has 2 aliphatic rings. The summed E-state index contributed by atoms with van der Waals surface area (Å²) in [5, 5.41) is 0.